The Balaban J connectivity index is 0.00000243. The maximum atomic E-state index is 13.4. The summed E-state index contributed by atoms with van der Waals surface area (Å²) in [4.78, 5) is 14.7. The average molecular weight is 403 g/mol. The van der Waals surface area contributed by atoms with Crippen molar-refractivity contribution in [1.29, 1.82) is 0 Å². The summed E-state index contributed by atoms with van der Waals surface area (Å²) in [5.41, 5.74) is 1.56. The van der Waals surface area contributed by atoms with Gasteiger partial charge in [0.05, 0.1) is 24.4 Å². The highest BCUT2D eigenvalue weighted by molar-refractivity contribution is 6.30. The molecule has 9 heteroatoms. The van der Waals surface area contributed by atoms with Crippen LogP contribution in [0.3, 0.4) is 0 Å². The minimum absolute atomic E-state index is 0. The van der Waals surface area contributed by atoms with Crippen LogP contribution in [-0.4, -0.2) is 47.3 Å². The molecule has 26 heavy (non-hydrogen) atoms. The Labute approximate surface area is 162 Å². The van der Waals surface area contributed by atoms with E-state index in [9.17, 15) is 9.18 Å². The molecule has 1 aliphatic heterocycles. The van der Waals surface area contributed by atoms with Crippen LogP contribution in [0, 0.1) is 5.82 Å². The minimum atomic E-state index is -0.471. The Morgan fingerprint density at radius 3 is 2.88 bits per heavy atom. The van der Waals surface area contributed by atoms with Gasteiger partial charge in [0.2, 0.25) is 5.91 Å². The van der Waals surface area contributed by atoms with Gasteiger partial charge in [0.1, 0.15) is 18.0 Å². The fourth-order valence-electron chi connectivity index (χ4n) is 2.97. The SMILES string of the molecule is CNC(C(=O)N1CCOC(c2ccc(F)c(Cl)c2)C1)c1cnn(C)c1.Cl. The van der Waals surface area contributed by atoms with E-state index in [0.717, 1.165) is 11.1 Å². The van der Waals surface area contributed by atoms with E-state index in [1.54, 1.807) is 35.0 Å². The molecule has 0 saturated carbocycles. The molecule has 2 atom stereocenters. The number of halogens is 3. The van der Waals surface area contributed by atoms with Crippen molar-refractivity contribution in [2.24, 2.45) is 7.05 Å². The van der Waals surface area contributed by atoms with Crippen molar-refractivity contribution >= 4 is 29.9 Å². The van der Waals surface area contributed by atoms with Crippen molar-refractivity contribution in [3.05, 3.63) is 52.6 Å². The van der Waals surface area contributed by atoms with Crippen molar-refractivity contribution in [1.82, 2.24) is 20.0 Å². The van der Waals surface area contributed by atoms with Gasteiger partial charge in [-0.15, -0.1) is 12.4 Å². The molecule has 1 N–H and O–H groups in total. The molecule has 0 radical (unpaired) electrons. The lowest BCUT2D eigenvalue weighted by molar-refractivity contribution is -0.141. The number of carbonyl (C=O) groups excluding carboxylic acids is 1. The molecule has 1 amide bonds. The molecule has 1 saturated heterocycles. The average Bonchev–Trinajstić information content (AvgIpc) is 3.04. The van der Waals surface area contributed by atoms with Gasteiger partial charge in [-0.2, -0.15) is 5.10 Å². The van der Waals surface area contributed by atoms with Gasteiger partial charge in [-0.05, 0) is 24.7 Å². The quantitative estimate of drug-likeness (QED) is 0.853. The van der Waals surface area contributed by atoms with Crippen molar-refractivity contribution in [2.75, 3.05) is 26.7 Å². The molecule has 1 aromatic heterocycles. The predicted octanol–water partition coefficient (Wildman–Crippen LogP) is 2.50. The number of carbonyl (C=O) groups is 1. The second-order valence-electron chi connectivity index (χ2n) is 5.99. The Kier molecular flexibility index (Phi) is 7.00. The monoisotopic (exact) mass is 402 g/mol. The van der Waals surface area contributed by atoms with E-state index in [4.69, 9.17) is 16.3 Å². The normalized spacial score (nSPS) is 18.3. The molecular weight excluding hydrogens is 382 g/mol. The highest BCUT2D eigenvalue weighted by Crippen LogP contribution is 2.27. The van der Waals surface area contributed by atoms with Crippen molar-refractivity contribution in [3.8, 4) is 0 Å². The van der Waals surface area contributed by atoms with Gasteiger partial charge in [-0.25, -0.2) is 4.39 Å². The zero-order valence-corrected chi connectivity index (χ0v) is 16.1. The number of likely N-dealkylation sites (N-methyl/N-ethyl adjacent to an activating group) is 1. The summed E-state index contributed by atoms with van der Waals surface area (Å²) in [7, 11) is 3.55. The van der Waals surface area contributed by atoms with E-state index in [1.165, 1.54) is 6.07 Å². The number of hydrogen-bond donors (Lipinski definition) is 1. The second kappa shape index (κ2) is 8.81. The van der Waals surface area contributed by atoms with Crippen LogP contribution in [0.1, 0.15) is 23.3 Å². The number of morpholine rings is 1. The number of nitrogens with one attached hydrogen (secondary N) is 1. The highest BCUT2D eigenvalue weighted by Gasteiger charge is 2.31. The van der Waals surface area contributed by atoms with E-state index >= 15 is 0 Å². The Morgan fingerprint density at radius 2 is 2.27 bits per heavy atom. The fourth-order valence-corrected chi connectivity index (χ4v) is 3.16. The summed E-state index contributed by atoms with van der Waals surface area (Å²) in [5.74, 6) is -0.516. The zero-order valence-electron chi connectivity index (χ0n) is 14.5. The first-order chi connectivity index (χ1) is 12.0. The largest absolute Gasteiger partial charge is 0.370 e. The third-order valence-electron chi connectivity index (χ3n) is 4.29. The summed E-state index contributed by atoms with van der Waals surface area (Å²) in [6.07, 6.45) is 3.16. The minimum Gasteiger partial charge on any atom is -0.370 e. The maximum Gasteiger partial charge on any atom is 0.244 e. The third kappa shape index (κ3) is 4.35. The number of nitrogens with zero attached hydrogens (tertiary/aromatic N) is 3. The first kappa shape index (κ1) is 20.6. The van der Waals surface area contributed by atoms with Gasteiger partial charge in [-0.1, -0.05) is 17.7 Å². The molecule has 142 valence electrons. The van der Waals surface area contributed by atoms with Crippen molar-refractivity contribution in [3.63, 3.8) is 0 Å². The smallest absolute Gasteiger partial charge is 0.244 e. The maximum absolute atomic E-state index is 13.4. The van der Waals surface area contributed by atoms with Crippen LogP contribution in [0.4, 0.5) is 4.39 Å². The zero-order chi connectivity index (χ0) is 18.0. The molecule has 0 bridgehead atoms. The first-order valence-corrected chi connectivity index (χ1v) is 8.38. The standard InChI is InChI=1S/C17H20ClFN4O2.ClH/c1-20-16(12-8-21-22(2)9-12)17(24)23-5-6-25-15(10-23)11-3-4-14(19)13(18)7-11;/h3-4,7-9,15-16,20H,5-6,10H2,1-2H3;1H. The molecule has 3 rings (SSSR count). The van der Waals surface area contributed by atoms with Crippen LogP contribution in [-0.2, 0) is 16.6 Å². The summed E-state index contributed by atoms with van der Waals surface area (Å²) < 4.78 is 20.8. The van der Waals surface area contributed by atoms with Crippen LogP contribution < -0.4 is 5.32 Å². The fraction of sp³-hybridized carbons (Fsp3) is 0.412. The number of benzene rings is 1. The lowest BCUT2D eigenvalue weighted by atomic mass is 10.1. The lowest BCUT2D eigenvalue weighted by Gasteiger charge is -2.35. The van der Waals surface area contributed by atoms with Crippen LogP contribution >= 0.6 is 24.0 Å². The molecule has 1 aromatic carbocycles. The summed E-state index contributed by atoms with van der Waals surface area (Å²) in [6, 6.07) is 4.03. The molecule has 2 heterocycles. The molecule has 0 aliphatic carbocycles. The number of hydrogen-bond acceptors (Lipinski definition) is 4. The Morgan fingerprint density at radius 1 is 1.50 bits per heavy atom. The van der Waals surface area contributed by atoms with Crippen LogP contribution in [0.15, 0.2) is 30.6 Å². The van der Waals surface area contributed by atoms with Gasteiger partial charge in [0, 0.05) is 25.4 Å². The second-order valence-corrected chi connectivity index (χ2v) is 6.39. The molecular formula is C17H21Cl2FN4O2. The highest BCUT2D eigenvalue weighted by atomic mass is 35.5. The molecule has 6 nitrogen and oxygen atoms in total. The predicted molar refractivity (Wildman–Crippen MR) is 98.9 cm³/mol. The third-order valence-corrected chi connectivity index (χ3v) is 4.58. The van der Waals surface area contributed by atoms with E-state index < -0.39 is 11.9 Å². The summed E-state index contributed by atoms with van der Waals surface area (Å²) >= 11 is 5.86. The Hall–Kier alpha value is -1.67. The van der Waals surface area contributed by atoms with Gasteiger partial charge in [-0.3, -0.25) is 9.48 Å². The number of amides is 1. The topological polar surface area (TPSA) is 59.4 Å². The van der Waals surface area contributed by atoms with Gasteiger partial charge in [0.15, 0.2) is 0 Å². The van der Waals surface area contributed by atoms with Crippen molar-refractivity contribution < 1.29 is 13.9 Å². The van der Waals surface area contributed by atoms with E-state index in [1.807, 2.05) is 13.2 Å². The van der Waals surface area contributed by atoms with Gasteiger partial charge < -0.3 is 15.0 Å². The van der Waals surface area contributed by atoms with E-state index in [2.05, 4.69) is 10.4 Å². The van der Waals surface area contributed by atoms with Gasteiger partial charge in [0.25, 0.3) is 0 Å². The number of aromatic nitrogens is 2. The Bertz CT molecular complexity index is 771. The lowest BCUT2D eigenvalue weighted by Crippen LogP contribution is -2.46. The summed E-state index contributed by atoms with van der Waals surface area (Å²) in [5, 5.41) is 7.22. The van der Waals surface area contributed by atoms with Crippen molar-refractivity contribution in [2.45, 2.75) is 12.1 Å². The summed E-state index contributed by atoms with van der Waals surface area (Å²) in [6.45, 7) is 1.30. The van der Waals surface area contributed by atoms with Crippen LogP contribution in [0.2, 0.25) is 5.02 Å². The molecule has 2 unspecified atom stereocenters. The van der Waals surface area contributed by atoms with Crippen LogP contribution in [0.5, 0.6) is 0 Å². The van der Waals surface area contributed by atoms with Crippen LogP contribution in [0.25, 0.3) is 0 Å². The molecule has 1 fully saturated rings. The number of rotatable bonds is 4. The van der Waals surface area contributed by atoms with E-state index in [-0.39, 0.29) is 29.4 Å². The number of aryl methyl sites for hydroxylation is 1. The molecule has 2 aromatic rings. The van der Waals surface area contributed by atoms with Gasteiger partial charge >= 0.3 is 0 Å². The molecule has 1 aliphatic rings. The first-order valence-electron chi connectivity index (χ1n) is 8.00. The number of ether oxygens (including phenoxy) is 1. The van der Waals surface area contributed by atoms with E-state index in [0.29, 0.717) is 19.7 Å². The molecule has 0 spiro atoms.